The summed E-state index contributed by atoms with van der Waals surface area (Å²) in [5, 5.41) is 5.85. The van der Waals surface area contributed by atoms with Crippen molar-refractivity contribution in [2.75, 3.05) is 24.0 Å². The Labute approximate surface area is 94.6 Å². The normalized spacial score (nSPS) is 10.0. The van der Waals surface area contributed by atoms with E-state index in [4.69, 9.17) is 0 Å². The number of carbonyl (C=O) groups excluding carboxylic acids is 1. The van der Waals surface area contributed by atoms with E-state index in [1.807, 2.05) is 37.4 Å². The largest absolute Gasteiger partial charge is 0.325 e. The minimum atomic E-state index is -0.00495. The fourth-order valence-electron chi connectivity index (χ4n) is 1.19. The van der Waals surface area contributed by atoms with Crippen LogP contribution in [0.2, 0.25) is 0 Å². The molecule has 1 rings (SSSR count). The number of anilines is 1. The van der Waals surface area contributed by atoms with Crippen molar-refractivity contribution in [1.82, 2.24) is 5.32 Å². The summed E-state index contributed by atoms with van der Waals surface area (Å²) in [6.45, 7) is 2.36. The summed E-state index contributed by atoms with van der Waals surface area (Å²) in [5.74, 6) is 0.788. The molecule has 2 N–H and O–H groups in total. The number of thioether (sulfide) groups is 1. The first kappa shape index (κ1) is 12.1. The maximum absolute atomic E-state index is 11.4. The van der Waals surface area contributed by atoms with Gasteiger partial charge in [-0.1, -0.05) is 12.1 Å². The van der Waals surface area contributed by atoms with Crippen molar-refractivity contribution >= 4 is 23.4 Å². The van der Waals surface area contributed by atoms with E-state index in [0.29, 0.717) is 6.54 Å². The summed E-state index contributed by atoms with van der Waals surface area (Å²) in [6, 6.07) is 7.77. The van der Waals surface area contributed by atoms with Crippen LogP contribution in [-0.4, -0.2) is 24.6 Å². The molecule has 82 valence electrons. The summed E-state index contributed by atoms with van der Waals surface area (Å²) < 4.78 is 0. The Morgan fingerprint density at radius 1 is 1.47 bits per heavy atom. The van der Waals surface area contributed by atoms with Crippen LogP contribution in [0, 0.1) is 6.92 Å². The molecule has 0 fully saturated rings. The van der Waals surface area contributed by atoms with Crippen molar-refractivity contribution in [3.8, 4) is 0 Å². The number of benzene rings is 1. The lowest BCUT2D eigenvalue weighted by molar-refractivity contribution is -0.115. The van der Waals surface area contributed by atoms with Crippen molar-refractivity contribution < 1.29 is 4.79 Å². The van der Waals surface area contributed by atoms with E-state index in [-0.39, 0.29) is 5.91 Å². The second-order valence-corrected chi connectivity index (χ2v) is 4.14. The number of nitrogens with one attached hydrogen (secondary N) is 2. The van der Waals surface area contributed by atoms with E-state index in [1.165, 1.54) is 0 Å². The highest BCUT2D eigenvalue weighted by atomic mass is 32.2. The molecule has 0 radical (unpaired) electrons. The van der Waals surface area contributed by atoms with Gasteiger partial charge in [0.05, 0.1) is 6.54 Å². The second kappa shape index (κ2) is 6.48. The Bertz CT molecular complexity index is 328. The molecule has 0 saturated carbocycles. The van der Waals surface area contributed by atoms with Crippen LogP contribution in [0.15, 0.2) is 24.3 Å². The average molecular weight is 224 g/mol. The number of aryl methyl sites for hydroxylation is 1. The third kappa shape index (κ3) is 4.85. The molecule has 0 spiro atoms. The molecule has 0 unspecified atom stereocenters. The van der Waals surface area contributed by atoms with Gasteiger partial charge in [0.1, 0.15) is 0 Å². The smallest absolute Gasteiger partial charge is 0.238 e. The first-order valence-corrected chi connectivity index (χ1v) is 6.18. The van der Waals surface area contributed by atoms with Crippen molar-refractivity contribution in [2.45, 2.75) is 6.92 Å². The van der Waals surface area contributed by atoms with E-state index in [0.717, 1.165) is 17.1 Å². The van der Waals surface area contributed by atoms with Gasteiger partial charge in [0.2, 0.25) is 5.91 Å². The number of carbonyl (C=O) groups is 1. The van der Waals surface area contributed by atoms with Crippen LogP contribution < -0.4 is 10.6 Å². The summed E-state index contributed by atoms with van der Waals surface area (Å²) in [4.78, 5) is 11.4. The first-order valence-electron chi connectivity index (χ1n) is 4.78. The molecule has 0 bridgehead atoms. The fourth-order valence-corrected chi connectivity index (χ4v) is 1.50. The van der Waals surface area contributed by atoms with Gasteiger partial charge in [0.15, 0.2) is 0 Å². The standard InChI is InChI=1S/C11H16N2OS/c1-9-4-3-5-10(6-9)13-11(14)7-12-8-15-2/h3-6,12H,7-8H2,1-2H3,(H,13,14). The first-order chi connectivity index (χ1) is 7.22. The van der Waals surface area contributed by atoms with Crippen LogP contribution in [0.4, 0.5) is 5.69 Å². The summed E-state index contributed by atoms with van der Waals surface area (Å²) in [6.07, 6.45) is 1.99. The molecule has 0 atom stereocenters. The van der Waals surface area contributed by atoms with E-state index >= 15 is 0 Å². The van der Waals surface area contributed by atoms with Crippen molar-refractivity contribution in [3.63, 3.8) is 0 Å². The van der Waals surface area contributed by atoms with Crippen LogP contribution in [0.1, 0.15) is 5.56 Å². The monoisotopic (exact) mass is 224 g/mol. The molecular weight excluding hydrogens is 208 g/mol. The minimum Gasteiger partial charge on any atom is -0.325 e. The zero-order valence-corrected chi connectivity index (χ0v) is 9.86. The van der Waals surface area contributed by atoms with Crippen LogP contribution in [-0.2, 0) is 4.79 Å². The topological polar surface area (TPSA) is 41.1 Å². The lowest BCUT2D eigenvalue weighted by Crippen LogP contribution is -2.27. The Morgan fingerprint density at radius 2 is 2.27 bits per heavy atom. The number of hydrogen-bond acceptors (Lipinski definition) is 3. The predicted octanol–water partition coefficient (Wildman–Crippen LogP) is 1.84. The van der Waals surface area contributed by atoms with Gasteiger partial charge in [-0.2, -0.15) is 0 Å². The van der Waals surface area contributed by atoms with Gasteiger partial charge in [-0.05, 0) is 30.9 Å². The zero-order valence-electron chi connectivity index (χ0n) is 9.04. The zero-order chi connectivity index (χ0) is 11.1. The Kier molecular flexibility index (Phi) is 5.21. The van der Waals surface area contributed by atoms with Gasteiger partial charge in [-0.25, -0.2) is 0 Å². The minimum absolute atomic E-state index is 0.00495. The molecule has 0 saturated heterocycles. The van der Waals surface area contributed by atoms with Gasteiger partial charge in [-0.3, -0.25) is 10.1 Å². The predicted molar refractivity (Wildman–Crippen MR) is 66.2 cm³/mol. The number of hydrogen-bond donors (Lipinski definition) is 2. The molecule has 0 aliphatic carbocycles. The molecule has 1 aromatic rings. The molecule has 0 aliphatic rings. The molecule has 3 nitrogen and oxygen atoms in total. The maximum Gasteiger partial charge on any atom is 0.238 e. The van der Waals surface area contributed by atoms with Crippen molar-refractivity contribution in [1.29, 1.82) is 0 Å². The van der Waals surface area contributed by atoms with Gasteiger partial charge < -0.3 is 5.32 Å². The lowest BCUT2D eigenvalue weighted by atomic mass is 10.2. The molecule has 1 aromatic carbocycles. The van der Waals surface area contributed by atoms with E-state index < -0.39 is 0 Å². The maximum atomic E-state index is 11.4. The number of rotatable bonds is 5. The van der Waals surface area contributed by atoms with Gasteiger partial charge in [0, 0.05) is 11.6 Å². The lowest BCUT2D eigenvalue weighted by Gasteiger charge is -2.06. The van der Waals surface area contributed by atoms with Crippen LogP contribution in [0.25, 0.3) is 0 Å². The summed E-state index contributed by atoms with van der Waals surface area (Å²) in [5.41, 5.74) is 2.00. The SMILES string of the molecule is CSCNCC(=O)Nc1cccc(C)c1. The highest BCUT2D eigenvalue weighted by molar-refractivity contribution is 7.98. The molecule has 0 aliphatic heterocycles. The fraction of sp³-hybridized carbons (Fsp3) is 0.364. The van der Waals surface area contributed by atoms with Crippen LogP contribution in [0.5, 0.6) is 0 Å². The van der Waals surface area contributed by atoms with Gasteiger partial charge >= 0.3 is 0 Å². The summed E-state index contributed by atoms with van der Waals surface area (Å²) in [7, 11) is 0. The molecule has 0 aromatic heterocycles. The van der Waals surface area contributed by atoms with Crippen LogP contribution >= 0.6 is 11.8 Å². The van der Waals surface area contributed by atoms with Gasteiger partial charge in [-0.15, -0.1) is 11.8 Å². The molecular formula is C11H16N2OS. The second-order valence-electron chi connectivity index (χ2n) is 3.28. The highest BCUT2D eigenvalue weighted by Gasteiger charge is 2.00. The highest BCUT2D eigenvalue weighted by Crippen LogP contribution is 2.08. The Hall–Kier alpha value is -1.00. The van der Waals surface area contributed by atoms with E-state index in [2.05, 4.69) is 10.6 Å². The van der Waals surface area contributed by atoms with E-state index in [9.17, 15) is 4.79 Å². The molecule has 4 heteroatoms. The quantitative estimate of drug-likeness (QED) is 0.592. The van der Waals surface area contributed by atoms with Gasteiger partial charge in [0.25, 0.3) is 0 Å². The third-order valence-electron chi connectivity index (χ3n) is 1.83. The Morgan fingerprint density at radius 3 is 2.93 bits per heavy atom. The average Bonchev–Trinajstić information content (AvgIpc) is 2.18. The number of amides is 1. The summed E-state index contributed by atoms with van der Waals surface area (Å²) >= 11 is 1.66. The molecule has 0 heterocycles. The third-order valence-corrected chi connectivity index (χ3v) is 2.33. The Balaban J connectivity index is 2.37. The van der Waals surface area contributed by atoms with Crippen LogP contribution in [0.3, 0.4) is 0 Å². The van der Waals surface area contributed by atoms with E-state index in [1.54, 1.807) is 11.8 Å². The van der Waals surface area contributed by atoms with Crippen molar-refractivity contribution in [3.05, 3.63) is 29.8 Å². The molecule has 15 heavy (non-hydrogen) atoms. The van der Waals surface area contributed by atoms with Crippen molar-refractivity contribution in [2.24, 2.45) is 0 Å². The molecule has 1 amide bonds.